The molecule has 0 N–H and O–H groups in total. The maximum atomic E-state index is 13.7. The Hall–Kier alpha value is -2.73. The van der Waals surface area contributed by atoms with Gasteiger partial charge in [0.1, 0.15) is 11.6 Å². The molecule has 1 aromatic heterocycles. The second-order valence-corrected chi connectivity index (χ2v) is 6.46. The molecule has 3 aromatic rings. The average Bonchev–Trinajstić information content (AvgIpc) is 3.02. The van der Waals surface area contributed by atoms with Crippen molar-refractivity contribution in [1.82, 2.24) is 9.47 Å². The molecule has 6 heteroatoms. The van der Waals surface area contributed by atoms with Crippen molar-refractivity contribution in [2.45, 2.75) is 6.04 Å². The van der Waals surface area contributed by atoms with E-state index in [1.54, 1.807) is 11.0 Å². The van der Waals surface area contributed by atoms with E-state index in [0.717, 1.165) is 17.0 Å². The Balaban J connectivity index is 1.75. The van der Waals surface area contributed by atoms with E-state index in [0.29, 0.717) is 24.3 Å². The predicted molar refractivity (Wildman–Crippen MR) is 93.9 cm³/mol. The second-order valence-electron chi connectivity index (χ2n) is 6.46. The van der Waals surface area contributed by atoms with Crippen LogP contribution in [0.15, 0.2) is 48.7 Å². The number of morpholine rings is 1. The van der Waals surface area contributed by atoms with E-state index in [1.807, 2.05) is 36.0 Å². The number of nitrogens with zero attached hydrogens (tertiary/aromatic N) is 2. The number of rotatable bonds is 2. The second kappa shape index (κ2) is 6.53. The standard InChI is InChI=1S/C20H18F2N2O2/c1-23-6-5-16-17(3-2-4-18(16)23)20(25)24-7-8-26-12-19(24)13-9-14(21)11-15(22)10-13/h2-6,9-11,19H,7-8,12H2,1H3. The van der Waals surface area contributed by atoms with Crippen molar-refractivity contribution >= 4 is 16.8 Å². The molecule has 0 bridgehead atoms. The Bertz CT molecular complexity index is 963. The number of amides is 1. The molecule has 1 atom stereocenters. The van der Waals surface area contributed by atoms with E-state index < -0.39 is 17.7 Å². The lowest BCUT2D eigenvalue weighted by atomic mass is 10.0. The first-order valence-corrected chi connectivity index (χ1v) is 8.43. The third-order valence-corrected chi connectivity index (χ3v) is 4.82. The highest BCUT2D eigenvalue weighted by molar-refractivity contribution is 6.06. The lowest BCUT2D eigenvalue weighted by Crippen LogP contribution is -2.43. The van der Waals surface area contributed by atoms with Gasteiger partial charge >= 0.3 is 0 Å². The van der Waals surface area contributed by atoms with Crippen molar-refractivity contribution in [3.63, 3.8) is 0 Å². The summed E-state index contributed by atoms with van der Waals surface area (Å²) in [5.74, 6) is -1.49. The van der Waals surface area contributed by atoms with E-state index in [-0.39, 0.29) is 12.5 Å². The quantitative estimate of drug-likeness (QED) is 0.702. The van der Waals surface area contributed by atoms with Gasteiger partial charge in [0.25, 0.3) is 5.91 Å². The molecule has 4 nitrogen and oxygen atoms in total. The van der Waals surface area contributed by atoms with Crippen LogP contribution in [0.3, 0.4) is 0 Å². The number of carbonyl (C=O) groups is 1. The van der Waals surface area contributed by atoms with Gasteiger partial charge in [-0.2, -0.15) is 0 Å². The van der Waals surface area contributed by atoms with Gasteiger partial charge in [-0.1, -0.05) is 6.07 Å². The van der Waals surface area contributed by atoms with Crippen molar-refractivity contribution in [3.8, 4) is 0 Å². The van der Waals surface area contributed by atoms with Crippen LogP contribution in [-0.2, 0) is 11.8 Å². The predicted octanol–water partition coefficient (Wildman–Crippen LogP) is 3.67. The van der Waals surface area contributed by atoms with Gasteiger partial charge in [-0.15, -0.1) is 0 Å². The van der Waals surface area contributed by atoms with Crippen LogP contribution in [0.2, 0.25) is 0 Å². The highest BCUT2D eigenvalue weighted by Gasteiger charge is 2.31. The van der Waals surface area contributed by atoms with Gasteiger partial charge in [-0.05, 0) is 35.9 Å². The zero-order chi connectivity index (χ0) is 18.3. The molecular weight excluding hydrogens is 338 g/mol. The lowest BCUT2D eigenvalue weighted by Gasteiger charge is -2.36. The topological polar surface area (TPSA) is 34.5 Å². The van der Waals surface area contributed by atoms with Crippen molar-refractivity contribution < 1.29 is 18.3 Å². The van der Waals surface area contributed by atoms with Gasteiger partial charge in [-0.3, -0.25) is 4.79 Å². The van der Waals surface area contributed by atoms with Crippen LogP contribution in [0.5, 0.6) is 0 Å². The van der Waals surface area contributed by atoms with E-state index in [4.69, 9.17) is 4.74 Å². The number of aryl methyl sites for hydroxylation is 1. The van der Waals surface area contributed by atoms with Gasteiger partial charge in [0, 0.05) is 42.3 Å². The van der Waals surface area contributed by atoms with E-state index >= 15 is 0 Å². The van der Waals surface area contributed by atoms with Gasteiger partial charge < -0.3 is 14.2 Å². The molecule has 1 saturated heterocycles. The molecule has 0 radical (unpaired) electrons. The van der Waals surface area contributed by atoms with Crippen LogP contribution in [-0.4, -0.2) is 35.1 Å². The summed E-state index contributed by atoms with van der Waals surface area (Å²) in [6.45, 7) is 0.967. The monoisotopic (exact) mass is 356 g/mol. The Morgan fingerprint density at radius 3 is 2.69 bits per heavy atom. The average molecular weight is 356 g/mol. The molecule has 26 heavy (non-hydrogen) atoms. The number of hydrogen-bond donors (Lipinski definition) is 0. The summed E-state index contributed by atoms with van der Waals surface area (Å²) in [6.07, 6.45) is 1.90. The summed E-state index contributed by atoms with van der Waals surface area (Å²) in [6, 6.07) is 10.3. The van der Waals surface area contributed by atoms with Gasteiger partial charge in [0.2, 0.25) is 0 Å². The highest BCUT2D eigenvalue weighted by atomic mass is 19.1. The first-order valence-electron chi connectivity index (χ1n) is 8.43. The SMILES string of the molecule is Cn1ccc2c(C(=O)N3CCOCC3c3cc(F)cc(F)c3)cccc21. The summed E-state index contributed by atoms with van der Waals surface area (Å²) in [5, 5.41) is 0.857. The Labute approximate surface area is 149 Å². The number of fused-ring (bicyclic) bond motifs is 1. The van der Waals surface area contributed by atoms with Crippen molar-refractivity contribution in [2.75, 3.05) is 19.8 Å². The Kier molecular flexibility index (Phi) is 4.20. The fourth-order valence-corrected chi connectivity index (χ4v) is 3.53. The third-order valence-electron chi connectivity index (χ3n) is 4.82. The first kappa shape index (κ1) is 16.7. The molecule has 1 unspecified atom stereocenters. The molecule has 0 spiro atoms. The molecule has 2 aromatic carbocycles. The van der Waals surface area contributed by atoms with Gasteiger partial charge in [0.05, 0.1) is 19.3 Å². The molecule has 2 heterocycles. The van der Waals surface area contributed by atoms with Gasteiger partial charge in [-0.25, -0.2) is 8.78 Å². The lowest BCUT2D eigenvalue weighted by molar-refractivity contribution is -0.00274. The van der Waals surface area contributed by atoms with Crippen LogP contribution < -0.4 is 0 Å². The minimum atomic E-state index is -0.664. The summed E-state index contributed by atoms with van der Waals surface area (Å²) >= 11 is 0. The van der Waals surface area contributed by atoms with Crippen molar-refractivity contribution in [3.05, 3.63) is 71.4 Å². The van der Waals surface area contributed by atoms with E-state index in [2.05, 4.69) is 0 Å². The molecule has 1 fully saturated rings. The van der Waals surface area contributed by atoms with E-state index in [9.17, 15) is 13.6 Å². The summed E-state index contributed by atoms with van der Waals surface area (Å²) in [4.78, 5) is 14.9. The minimum Gasteiger partial charge on any atom is -0.377 e. The maximum absolute atomic E-state index is 13.7. The number of ether oxygens (including phenoxy) is 1. The number of carbonyl (C=O) groups excluding carboxylic acids is 1. The normalized spacial score (nSPS) is 17.7. The van der Waals surface area contributed by atoms with Crippen LogP contribution in [0.25, 0.3) is 10.9 Å². The van der Waals surface area contributed by atoms with Crippen LogP contribution in [0.1, 0.15) is 22.0 Å². The first-order chi connectivity index (χ1) is 12.5. The largest absolute Gasteiger partial charge is 0.377 e. The molecular formula is C20H18F2N2O2. The summed E-state index contributed by atoms with van der Waals surface area (Å²) < 4.78 is 34.7. The van der Waals surface area contributed by atoms with Crippen LogP contribution >= 0.6 is 0 Å². The Morgan fingerprint density at radius 2 is 1.92 bits per heavy atom. The highest BCUT2D eigenvalue weighted by Crippen LogP contribution is 2.29. The zero-order valence-corrected chi connectivity index (χ0v) is 14.3. The number of halogens is 2. The van der Waals surface area contributed by atoms with Gasteiger partial charge in [0.15, 0.2) is 0 Å². The molecule has 0 aliphatic carbocycles. The smallest absolute Gasteiger partial charge is 0.255 e. The number of aromatic nitrogens is 1. The number of hydrogen-bond acceptors (Lipinski definition) is 2. The molecule has 134 valence electrons. The fraction of sp³-hybridized carbons (Fsp3) is 0.250. The van der Waals surface area contributed by atoms with E-state index in [1.165, 1.54) is 12.1 Å². The summed E-state index contributed by atoms with van der Waals surface area (Å²) in [5.41, 5.74) is 1.93. The third kappa shape index (κ3) is 2.86. The van der Waals surface area contributed by atoms with Crippen LogP contribution in [0.4, 0.5) is 8.78 Å². The molecule has 1 amide bonds. The maximum Gasteiger partial charge on any atom is 0.255 e. The minimum absolute atomic E-state index is 0.167. The molecule has 1 aliphatic rings. The Morgan fingerprint density at radius 1 is 1.15 bits per heavy atom. The zero-order valence-electron chi connectivity index (χ0n) is 14.3. The van der Waals surface area contributed by atoms with Crippen molar-refractivity contribution in [2.24, 2.45) is 7.05 Å². The van der Waals surface area contributed by atoms with Crippen LogP contribution in [0, 0.1) is 11.6 Å². The number of benzene rings is 2. The molecule has 1 aliphatic heterocycles. The van der Waals surface area contributed by atoms with Crippen molar-refractivity contribution in [1.29, 1.82) is 0 Å². The molecule has 4 rings (SSSR count). The molecule has 0 saturated carbocycles. The fourth-order valence-electron chi connectivity index (χ4n) is 3.53. The summed E-state index contributed by atoms with van der Waals surface area (Å²) in [7, 11) is 1.92.